The molecule has 2 nitrogen and oxygen atoms in total. The Bertz CT molecular complexity index is 1040. The van der Waals surface area contributed by atoms with E-state index in [-0.39, 0.29) is 5.82 Å². The van der Waals surface area contributed by atoms with Gasteiger partial charge in [0, 0.05) is 12.1 Å². The molecule has 4 aromatic rings. The summed E-state index contributed by atoms with van der Waals surface area (Å²) in [6, 6.07) is 20.0. The first-order valence-corrected chi connectivity index (χ1v) is 8.53. The van der Waals surface area contributed by atoms with Gasteiger partial charge in [0.15, 0.2) is 0 Å². The lowest BCUT2D eigenvalue weighted by atomic mass is 10.2. The van der Waals surface area contributed by atoms with Gasteiger partial charge in [-0.2, -0.15) is 0 Å². The number of halogens is 3. The largest absolute Gasteiger partial charge is 0.319 e. The number of benzene rings is 3. The van der Waals surface area contributed by atoms with Crippen molar-refractivity contribution in [1.29, 1.82) is 0 Å². The van der Waals surface area contributed by atoms with E-state index in [1.807, 2.05) is 24.3 Å². The summed E-state index contributed by atoms with van der Waals surface area (Å²) in [6.45, 7) is 0.627. The zero-order valence-electron chi connectivity index (χ0n) is 13.1. The minimum absolute atomic E-state index is 0.282. The molecule has 3 aromatic carbocycles. The maximum Gasteiger partial charge on any atom is 0.141 e. The van der Waals surface area contributed by atoms with Gasteiger partial charge in [0.05, 0.1) is 15.6 Å². The van der Waals surface area contributed by atoms with Crippen molar-refractivity contribution in [2.45, 2.75) is 6.54 Å². The highest BCUT2D eigenvalue weighted by atomic mass is 35.5. The Morgan fingerprint density at radius 3 is 2.32 bits per heavy atom. The van der Waals surface area contributed by atoms with Crippen molar-refractivity contribution < 1.29 is 4.39 Å². The number of imidazole rings is 1. The standard InChI is InChI=1S/C20H13Cl2FN2/c21-16-10-11-17-19(18(16)22)24-20(14-6-8-15(23)9-7-14)25(17)12-13-4-2-1-3-5-13/h1-11H,12H2. The first-order valence-electron chi connectivity index (χ1n) is 7.77. The molecule has 0 aliphatic heterocycles. The van der Waals surface area contributed by atoms with Crippen LogP contribution < -0.4 is 0 Å². The Morgan fingerprint density at radius 2 is 1.60 bits per heavy atom. The van der Waals surface area contributed by atoms with Gasteiger partial charge >= 0.3 is 0 Å². The third kappa shape index (κ3) is 3.01. The summed E-state index contributed by atoms with van der Waals surface area (Å²) in [5, 5.41) is 0.888. The molecular formula is C20H13Cl2FN2. The second-order valence-electron chi connectivity index (χ2n) is 5.74. The summed E-state index contributed by atoms with van der Waals surface area (Å²) in [4.78, 5) is 4.69. The fraction of sp³-hybridized carbons (Fsp3) is 0.0500. The van der Waals surface area contributed by atoms with Crippen LogP contribution in [-0.4, -0.2) is 9.55 Å². The topological polar surface area (TPSA) is 17.8 Å². The van der Waals surface area contributed by atoms with Gasteiger partial charge in [-0.25, -0.2) is 9.37 Å². The molecule has 0 radical (unpaired) electrons. The molecular weight excluding hydrogens is 358 g/mol. The fourth-order valence-corrected chi connectivity index (χ4v) is 3.23. The molecule has 4 rings (SSSR count). The predicted molar refractivity (Wildman–Crippen MR) is 101 cm³/mol. The molecule has 0 N–H and O–H groups in total. The van der Waals surface area contributed by atoms with Crippen LogP contribution in [0.2, 0.25) is 10.0 Å². The molecule has 5 heteroatoms. The Labute approximate surface area is 154 Å². The number of hydrogen-bond acceptors (Lipinski definition) is 1. The molecule has 0 bridgehead atoms. The number of fused-ring (bicyclic) bond motifs is 1. The lowest BCUT2D eigenvalue weighted by Crippen LogP contribution is -2.02. The van der Waals surface area contributed by atoms with Gasteiger partial charge in [-0.05, 0) is 42.0 Å². The van der Waals surface area contributed by atoms with Gasteiger partial charge in [0.2, 0.25) is 0 Å². The molecule has 1 aromatic heterocycles. The van der Waals surface area contributed by atoms with Gasteiger partial charge in [-0.3, -0.25) is 0 Å². The van der Waals surface area contributed by atoms with E-state index in [0.717, 1.165) is 22.5 Å². The van der Waals surface area contributed by atoms with Crippen molar-refractivity contribution in [3.8, 4) is 11.4 Å². The maximum absolute atomic E-state index is 13.3. The van der Waals surface area contributed by atoms with Crippen LogP contribution in [0.4, 0.5) is 4.39 Å². The smallest absolute Gasteiger partial charge is 0.141 e. The van der Waals surface area contributed by atoms with Gasteiger partial charge < -0.3 is 4.57 Å². The van der Waals surface area contributed by atoms with E-state index in [9.17, 15) is 4.39 Å². The van der Waals surface area contributed by atoms with Crippen LogP contribution in [-0.2, 0) is 6.54 Å². The summed E-state index contributed by atoms with van der Waals surface area (Å²) in [7, 11) is 0. The van der Waals surface area contributed by atoms with Gasteiger partial charge in [0.1, 0.15) is 17.2 Å². The first-order chi connectivity index (χ1) is 12.1. The second kappa shape index (κ2) is 6.51. The van der Waals surface area contributed by atoms with E-state index < -0.39 is 0 Å². The predicted octanol–water partition coefficient (Wildman–Crippen LogP) is 6.20. The van der Waals surface area contributed by atoms with Crippen molar-refractivity contribution in [3.63, 3.8) is 0 Å². The van der Waals surface area contributed by atoms with Crippen LogP contribution in [0.25, 0.3) is 22.4 Å². The van der Waals surface area contributed by atoms with Crippen LogP contribution in [0.3, 0.4) is 0 Å². The van der Waals surface area contributed by atoms with Crippen LogP contribution >= 0.6 is 23.2 Å². The molecule has 0 unspecified atom stereocenters. The Morgan fingerprint density at radius 1 is 0.880 bits per heavy atom. The molecule has 0 saturated heterocycles. The normalized spacial score (nSPS) is 11.2. The lowest BCUT2D eigenvalue weighted by molar-refractivity contribution is 0.628. The van der Waals surface area contributed by atoms with Gasteiger partial charge in [-0.1, -0.05) is 53.5 Å². The third-order valence-corrected chi connectivity index (χ3v) is 4.89. The van der Waals surface area contributed by atoms with Crippen LogP contribution in [0.5, 0.6) is 0 Å². The van der Waals surface area contributed by atoms with Crippen LogP contribution in [0, 0.1) is 5.82 Å². The average molecular weight is 371 g/mol. The quantitative estimate of drug-likeness (QED) is 0.419. The maximum atomic E-state index is 13.3. The Balaban J connectivity index is 1.95. The van der Waals surface area contributed by atoms with Crippen molar-refractivity contribution in [3.05, 3.63) is 88.2 Å². The molecule has 0 spiro atoms. The zero-order valence-corrected chi connectivity index (χ0v) is 14.6. The summed E-state index contributed by atoms with van der Waals surface area (Å²) >= 11 is 12.5. The van der Waals surface area contributed by atoms with Crippen molar-refractivity contribution in [2.24, 2.45) is 0 Å². The van der Waals surface area contributed by atoms with Crippen molar-refractivity contribution >= 4 is 34.2 Å². The van der Waals surface area contributed by atoms with Crippen LogP contribution in [0.15, 0.2) is 66.7 Å². The molecule has 25 heavy (non-hydrogen) atoms. The Kier molecular flexibility index (Phi) is 4.20. The molecule has 0 aliphatic carbocycles. The van der Waals surface area contributed by atoms with E-state index in [4.69, 9.17) is 28.2 Å². The van der Waals surface area contributed by atoms with Crippen LogP contribution in [0.1, 0.15) is 5.56 Å². The van der Waals surface area contributed by atoms with E-state index in [0.29, 0.717) is 22.1 Å². The molecule has 0 saturated carbocycles. The molecule has 1 heterocycles. The summed E-state index contributed by atoms with van der Waals surface area (Å²) in [5.74, 6) is 0.443. The molecule has 0 atom stereocenters. The Hall–Kier alpha value is -2.36. The molecule has 0 fully saturated rings. The van der Waals surface area contributed by atoms with Crippen molar-refractivity contribution in [2.75, 3.05) is 0 Å². The minimum Gasteiger partial charge on any atom is -0.319 e. The van der Waals surface area contributed by atoms with Gasteiger partial charge in [0.25, 0.3) is 0 Å². The number of rotatable bonds is 3. The van der Waals surface area contributed by atoms with E-state index in [1.165, 1.54) is 12.1 Å². The SMILES string of the molecule is Fc1ccc(-c2nc3c(Cl)c(Cl)ccc3n2Cc2ccccc2)cc1. The summed E-state index contributed by atoms with van der Waals surface area (Å²) in [5.41, 5.74) is 3.49. The molecule has 124 valence electrons. The van der Waals surface area contributed by atoms with E-state index in [1.54, 1.807) is 18.2 Å². The number of aromatic nitrogens is 2. The van der Waals surface area contributed by atoms with Gasteiger partial charge in [-0.15, -0.1) is 0 Å². The highest BCUT2D eigenvalue weighted by Crippen LogP contribution is 2.34. The number of hydrogen-bond donors (Lipinski definition) is 0. The zero-order chi connectivity index (χ0) is 17.4. The summed E-state index contributed by atoms with van der Waals surface area (Å²) < 4.78 is 15.4. The second-order valence-corrected chi connectivity index (χ2v) is 6.53. The monoisotopic (exact) mass is 370 g/mol. The fourth-order valence-electron chi connectivity index (χ4n) is 2.88. The highest BCUT2D eigenvalue weighted by Gasteiger charge is 2.16. The lowest BCUT2D eigenvalue weighted by Gasteiger charge is -2.10. The van der Waals surface area contributed by atoms with Crippen molar-refractivity contribution in [1.82, 2.24) is 9.55 Å². The van der Waals surface area contributed by atoms with E-state index in [2.05, 4.69) is 16.7 Å². The third-order valence-electron chi connectivity index (χ3n) is 4.10. The highest BCUT2D eigenvalue weighted by molar-refractivity contribution is 6.45. The first kappa shape index (κ1) is 16.1. The minimum atomic E-state index is -0.282. The number of nitrogens with zero attached hydrogens (tertiary/aromatic N) is 2. The van der Waals surface area contributed by atoms with E-state index >= 15 is 0 Å². The summed E-state index contributed by atoms with van der Waals surface area (Å²) in [6.07, 6.45) is 0. The molecule has 0 amide bonds. The molecule has 0 aliphatic rings. The average Bonchev–Trinajstić information content (AvgIpc) is 2.99.